The molecule has 2 rings (SSSR count). The molecule has 0 spiro atoms. The first kappa shape index (κ1) is 13.9. The minimum Gasteiger partial charge on any atom is -0.495 e. The van der Waals surface area contributed by atoms with E-state index in [1.807, 2.05) is 19.1 Å². The van der Waals surface area contributed by atoms with Crippen molar-refractivity contribution in [3.63, 3.8) is 0 Å². The van der Waals surface area contributed by atoms with Gasteiger partial charge in [-0.05, 0) is 42.8 Å². The number of anilines is 2. The van der Waals surface area contributed by atoms with Gasteiger partial charge in [0.1, 0.15) is 11.6 Å². The summed E-state index contributed by atoms with van der Waals surface area (Å²) in [4.78, 5) is 10.8. The molecule has 0 aromatic heterocycles. The highest BCUT2D eigenvalue weighted by Crippen LogP contribution is 2.29. The van der Waals surface area contributed by atoms with Gasteiger partial charge in [0, 0.05) is 0 Å². The maximum absolute atomic E-state index is 13.9. The van der Waals surface area contributed by atoms with Crippen LogP contribution in [0.4, 0.5) is 15.8 Å². The van der Waals surface area contributed by atoms with Crippen LogP contribution in [-0.2, 0) is 0 Å². The molecular formula is C15H14FNO3. The van der Waals surface area contributed by atoms with Crippen molar-refractivity contribution < 1.29 is 19.0 Å². The number of hydrogen-bond donors (Lipinski definition) is 2. The summed E-state index contributed by atoms with van der Waals surface area (Å²) in [5, 5.41) is 11.7. The van der Waals surface area contributed by atoms with Crippen LogP contribution in [0.1, 0.15) is 15.9 Å². The van der Waals surface area contributed by atoms with Gasteiger partial charge in [-0.15, -0.1) is 0 Å². The smallest absolute Gasteiger partial charge is 0.335 e. The van der Waals surface area contributed by atoms with Crippen LogP contribution in [0.2, 0.25) is 0 Å². The molecule has 5 heteroatoms. The first-order chi connectivity index (χ1) is 9.51. The van der Waals surface area contributed by atoms with E-state index in [-0.39, 0.29) is 11.3 Å². The van der Waals surface area contributed by atoms with Crippen LogP contribution in [0, 0.1) is 12.7 Å². The summed E-state index contributed by atoms with van der Waals surface area (Å²) in [6.07, 6.45) is 0. The molecule has 0 saturated carbocycles. The van der Waals surface area contributed by atoms with Gasteiger partial charge in [0.15, 0.2) is 0 Å². The summed E-state index contributed by atoms with van der Waals surface area (Å²) in [5.41, 5.74) is 1.72. The van der Waals surface area contributed by atoms with Crippen molar-refractivity contribution >= 4 is 17.3 Å². The van der Waals surface area contributed by atoms with Gasteiger partial charge in [-0.2, -0.15) is 0 Å². The van der Waals surface area contributed by atoms with Gasteiger partial charge in [0.05, 0.1) is 24.0 Å². The van der Waals surface area contributed by atoms with Gasteiger partial charge >= 0.3 is 5.97 Å². The lowest BCUT2D eigenvalue weighted by atomic mass is 10.1. The van der Waals surface area contributed by atoms with E-state index in [1.165, 1.54) is 19.2 Å². The van der Waals surface area contributed by atoms with E-state index in [9.17, 15) is 9.18 Å². The fourth-order valence-electron chi connectivity index (χ4n) is 1.81. The fourth-order valence-corrected chi connectivity index (χ4v) is 1.81. The molecule has 0 aliphatic carbocycles. The molecule has 0 amide bonds. The molecule has 0 radical (unpaired) electrons. The zero-order valence-electron chi connectivity index (χ0n) is 11.1. The molecule has 20 heavy (non-hydrogen) atoms. The molecule has 104 valence electrons. The zero-order valence-corrected chi connectivity index (χ0v) is 11.1. The summed E-state index contributed by atoms with van der Waals surface area (Å²) in [6.45, 7) is 1.91. The third-order valence-electron chi connectivity index (χ3n) is 2.84. The van der Waals surface area contributed by atoms with Crippen LogP contribution in [0.3, 0.4) is 0 Å². The van der Waals surface area contributed by atoms with Crippen molar-refractivity contribution in [3.8, 4) is 5.75 Å². The number of aryl methyl sites for hydroxylation is 1. The molecule has 2 aromatic carbocycles. The first-order valence-electron chi connectivity index (χ1n) is 5.96. The molecule has 0 heterocycles. The van der Waals surface area contributed by atoms with Gasteiger partial charge in [-0.25, -0.2) is 9.18 Å². The van der Waals surface area contributed by atoms with Crippen LogP contribution in [0.25, 0.3) is 0 Å². The standard InChI is InChI=1S/C15H14FNO3/c1-9-3-6-14(20-2)13(7-9)17-12-5-4-10(15(18)19)8-11(12)16/h3-8,17H,1-2H3,(H,18,19). The second-order valence-electron chi connectivity index (χ2n) is 4.33. The van der Waals surface area contributed by atoms with E-state index in [0.29, 0.717) is 11.4 Å². The summed E-state index contributed by atoms with van der Waals surface area (Å²) < 4.78 is 19.1. The molecule has 0 atom stereocenters. The Kier molecular flexibility index (Phi) is 3.89. The number of aromatic carboxylic acids is 1. The number of nitrogens with one attached hydrogen (secondary N) is 1. The molecule has 0 fully saturated rings. The number of carbonyl (C=O) groups is 1. The van der Waals surface area contributed by atoms with Crippen LogP contribution in [0.5, 0.6) is 5.75 Å². The van der Waals surface area contributed by atoms with Crippen molar-refractivity contribution in [2.75, 3.05) is 12.4 Å². The average Bonchev–Trinajstić information content (AvgIpc) is 2.41. The maximum atomic E-state index is 13.9. The third-order valence-corrected chi connectivity index (χ3v) is 2.84. The quantitative estimate of drug-likeness (QED) is 0.895. The van der Waals surface area contributed by atoms with Gasteiger partial charge in [0.25, 0.3) is 0 Å². The predicted octanol–water partition coefficient (Wildman–Crippen LogP) is 3.58. The third kappa shape index (κ3) is 2.88. The van der Waals surface area contributed by atoms with Crippen molar-refractivity contribution in [2.45, 2.75) is 6.92 Å². The van der Waals surface area contributed by atoms with E-state index in [0.717, 1.165) is 11.6 Å². The molecule has 0 aliphatic rings. The number of carboxylic acid groups (broad SMARTS) is 1. The SMILES string of the molecule is COc1ccc(C)cc1Nc1ccc(C(=O)O)cc1F. The Hall–Kier alpha value is -2.56. The average molecular weight is 275 g/mol. The first-order valence-corrected chi connectivity index (χ1v) is 5.96. The van der Waals surface area contributed by atoms with Crippen LogP contribution < -0.4 is 10.1 Å². The van der Waals surface area contributed by atoms with Gasteiger partial charge in [-0.1, -0.05) is 6.07 Å². The number of benzene rings is 2. The van der Waals surface area contributed by atoms with Crippen LogP contribution >= 0.6 is 0 Å². The van der Waals surface area contributed by atoms with Crippen molar-refractivity contribution in [1.82, 2.24) is 0 Å². The van der Waals surface area contributed by atoms with Crippen LogP contribution in [0.15, 0.2) is 36.4 Å². The Balaban J connectivity index is 2.35. The second kappa shape index (κ2) is 5.61. The lowest BCUT2D eigenvalue weighted by Crippen LogP contribution is -2.01. The van der Waals surface area contributed by atoms with Crippen molar-refractivity contribution in [2.24, 2.45) is 0 Å². The summed E-state index contributed by atoms with van der Waals surface area (Å²) >= 11 is 0. The van der Waals surface area contributed by atoms with E-state index in [2.05, 4.69) is 5.32 Å². The van der Waals surface area contributed by atoms with Gasteiger partial charge in [0.2, 0.25) is 0 Å². The number of carboxylic acids is 1. The molecular weight excluding hydrogens is 261 g/mol. The van der Waals surface area contributed by atoms with E-state index in [4.69, 9.17) is 9.84 Å². The summed E-state index contributed by atoms with van der Waals surface area (Å²) in [7, 11) is 1.53. The topological polar surface area (TPSA) is 58.6 Å². The number of methoxy groups -OCH3 is 1. The number of ether oxygens (including phenoxy) is 1. The lowest BCUT2D eigenvalue weighted by molar-refractivity contribution is 0.0696. The molecule has 0 unspecified atom stereocenters. The van der Waals surface area contributed by atoms with Crippen LogP contribution in [-0.4, -0.2) is 18.2 Å². The number of halogens is 1. The van der Waals surface area contributed by atoms with Crippen molar-refractivity contribution in [1.29, 1.82) is 0 Å². The molecule has 0 aliphatic heterocycles. The molecule has 4 nitrogen and oxygen atoms in total. The number of rotatable bonds is 4. The largest absolute Gasteiger partial charge is 0.495 e. The molecule has 2 aromatic rings. The summed E-state index contributed by atoms with van der Waals surface area (Å²) in [6, 6.07) is 9.20. The Morgan fingerprint density at radius 2 is 1.95 bits per heavy atom. The van der Waals surface area contributed by atoms with Crippen molar-refractivity contribution in [3.05, 3.63) is 53.3 Å². The highest BCUT2D eigenvalue weighted by molar-refractivity contribution is 5.88. The zero-order chi connectivity index (χ0) is 14.7. The fraction of sp³-hybridized carbons (Fsp3) is 0.133. The van der Waals surface area contributed by atoms with E-state index < -0.39 is 11.8 Å². The predicted molar refractivity (Wildman–Crippen MR) is 74.4 cm³/mol. The summed E-state index contributed by atoms with van der Waals surface area (Å²) in [5.74, 6) is -1.21. The highest BCUT2D eigenvalue weighted by atomic mass is 19.1. The van der Waals surface area contributed by atoms with E-state index >= 15 is 0 Å². The minimum atomic E-state index is -1.16. The second-order valence-corrected chi connectivity index (χ2v) is 4.33. The highest BCUT2D eigenvalue weighted by Gasteiger charge is 2.10. The molecule has 2 N–H and O–H groups in total. The lowest BCUT2D eigenvalue weighted by Gasteiger charge is -2.13. The molecule has 0 bridgehead atoms. The monoisotopic (exact) mass is 275 g/mol. The van der Waals surface area contributed by atoms with Gasteiger partial charge in [-0.3, -0.25) is 0 Å². The van der Waals surface area contributed by atoms with E-state index in [1.54, 1.807) is 6.07 Å². The maximum Gasteiger partial charge on any atom is 0.335 e. The number of hydrogen-bond acceptors (Lipinski definition) is 3. The van der Waals surface area contributed by atoms with Gasteiger partial charge < -0.3 is 15.2 Å². The Morgan fingerprint density at radius 1 is 1.20 bits per heavy atom. The molecule has 0 saturated heterocycles. The normalized spacial score (nSPS) is 10.2. The minimum absolute atomic E-state index is 0.0933. The Bertz CT molecular complexity index is 656. The Morgan fingerprint density at radius 3 is 2.55 bits per heavy atom. The Labute approximate surface area is 115 Å².